The second kappa shape index (κ2) is 7.11. The second-order valence-electron chi connectivity index (χ2n) is 6.36. The van der Waals surface area contributed by atoms with E-state index in [1.807, 2.05) is 38.1 Å². The number of nitrogens with two attached hydrogens (primary N) is 1. The lowest BCUT2D eigenvalue weighted by molar-refractivity contribution is -0.120. The van der Waals surface area contributed by atoms with E-state index in [2.05, 4.69) is 17.1 Å². The van der Waals surface area contributed by atoms with Crippen molar-refractivity contribution in [2.75, 3.05) is 31.6 Å². The summed E-state index contributed by atoms with van der Waals surface area (Å²) in [4.78, 5) is 14.6. The monoisotopic (exact) mass is 305 g/mol. The van der Waals surface area contributed by atoms with Gasteiger partial charge in [0.25, 0.3) is 0 Å². The van der Waals surface area contributed by atoms with Gasteiger partial charge in [-0.2, -0.15) is 0 Å². The average Bonchev–Trinajstić information content (AvgIpc) is 2.92. The largest absolute Gasteiger partial charge is 0.494 e. The summed E-state index contributed by atoms with van der Waals surface area (Å²) in [5, 5.41) is 2.97. The number of anilines is 1. The van der Waals surface area contributed by atoms with Gasteiger partial charge in [0.1, 0.15) is 5.75 Å². The van der Waals surface area contributed by atoms with Crippen LogP contribution in [0.2, 0.25) is 0 Å². The average molecular weight is 305 g/mol. The number of amides is 1. The summed E-state index contributed by atoms with van der Waals surface area (Å²) < 4.78 is 5.40. The molecule has 122 valence electrons. The molecular weight excluding hydrogens is 278 g/mol. The summed E-state index contributed by atoms with van der Waals surface area (Å²) in [5.41, 5.74) is 6.76. The Hall–Kier alpha value is -1.59. The van der Waals surface area contributed by atoms with Crippen LogP contribution in [0.15, 0.2) is 24.3 Å². The maximum absolute atomic E-state index is 12.4. The van der Waals surface area contributed by atoms with Crippen LogP contribution in [0.3, 0.4) is 0 Å². The molecule has 1 aromatic rings. The minimum Gasteiger partial charge on any atom is -0.494 e. The summed E-state index contributed by atoms with van der Waals surface area (Å²) >= 11 is 0. The van der Waals surface area contributed by atoms with Crippen LogP contribution in [0.1, 0.15) is 27.2 Å². The van der Waals surface area contributed by atoms with Crippen LogP contribution in [0.5, 0.6) is 5.75 Å². The Morgan fingerprint density at radius 3 is 2.68 bits per heavy atom. The zero-order valence-electron chi connectivity index (χ0n) is 13.8. The maximum Gasteiger partial charge on any atom is 0.241 e. The molecule has 2 atom stereocenters. The predicted molar refractivity (Wildman–Crippen MR) is 89.1 cm³/mol. The van der Waals surface area contributed by atoms with Crippen LogP contribution in [0.25, 0.3) is 0 Å². The first kappa shape index (κ1) is 16.8. The van der Waals surface area contributed by atoms with Crippen LogP contribution in [0, 0.1) is 5.41 Å². The lowest BCUT2D eigenvalue weighted by Gasteiger charge is -2.26. The number of ether oxygens (including phenoxy) is 1. The Balaban J connectivity index is 1.91. The topological polar surface area (TPSA) is 67.6 Å². The minimum absolute atomic E-state index is 0.0189. The van der Waals surface area contributed by atoms with Crippen molar-refractivity contribution in [3.8, 4) is 5.75 Å². The van der Waals surface area contributed by atoms with Gasteiger partial charge in [-0.05, 0) is 63.0 Å². The molecule has 2 rings (SSSR count). The molecule has 1 saturated heterocycles. The highest BCUT2D eigenvalue weighted by Crippen LogP contribution is 2.30. The normalized spacial score (nSPS) is 23.3. The van der Waals surface area contributed by atoms with Crippen molar-refractivity contribution in [1.29, 1.82) is 0 Å². The summed E-state index contributed by atoms with van der Waals surface area (Å²) in [7, 11) is 0. The molecule has 0 aliphatic carbocycles. The number of benzene rings is 1. The molecule has 0 spiro atoms. The van der Waals surface area contributed by atoms with Crippen molar-refractivity contribution in [3.63, 3.8) is 0 Å². The number of likely N-dealkylation sites (tertiary alicyclic amines) is 1. The molecule has 1 fully saturated rings. The van der Waals surface area contributed by atoms with Gasteiger partial charge in [0.05, 0.1) is 12.6 Å². The van der Waals surface area contributed by atoms with E-state index in [4.69, 9.17) is 10.5 Å². The van der Waals surface area contributed by atoms with Crippen LogP contribution in [-0.4, -0.2) is 43.1 Å². The molecule has 1 amide bonds. The van der Waals surface area contributed by atoms with Gasteiger partial charge in [0, 0.05) is 12.2 Å². The molecule has 22 heavy (non-hydrogen) atoms. The third-order valence-corrected chi connectivity index (χ3v) is 4.44. The Bertz CT molecular complexity index is 503. The number of nitrogens with zero attached hydrogens (tertiary/aromatic N) is 1. The van der Waals surface area contributed by atoms with E-state index in [0.717, 1.165) is 30.9 Å². The highest BCUT2D eigenvalue weighted by atomic mass is 16.5. The Labute approximate surface area is 132 Å². The van der Waals surface area contributed by atoms with Gasteiger partial charge in [-0.1, -0.05) is 6.92 Å². The molecule has 1 aliphatic rings. The van der Waals surface area contributed by atoms with Gasteiger partial charge < -0.3 is 15.8 Å². The molecular formula is C17H27N3O2. The fourth-order valence-corrected chi connectivity index (χ4v) is 2.77. The van der Waals surface area contributed by atoms with E-state index in [-0.39, 0.29) is 17.4 Å². The van der Waals surface area contributed by atoms with Gasteiger partial charge in [-0.25, -0.2) is 0 Å². The third kappa shape index (κ3) is 3.99. The Morgan fingerprint density at radius 2 is 2.14 bits per heavy atom. The molecule has 5 heteroatoms. The number of nitrogens with one attached hydrogen (secondary N) is 1. The number of hydrogen-bond donors (Lipinski definition) is 2. The van der Waals surface area contributed by atoms with Crippen molar-refractivity contribution < 1.29 is 9.53 Å². The van der Waals surface area contributed by atoms with Crippen LogP contribution >= 0.6 is 0 Å². The van der Waals surface area contributed by atoms with E-state index in [1.165, 1.54) is 0 Å². The number of hydrogen-bond acceptors (Lipinski definition) is 4. The van der Waals surface area contributed by atoms with Gasteiger partial charge >= 0.3 is 0 Å². The molecule has 5 nitrogen and oxygen atoms in total. The standard InChI is InChI=1S/C17H27N3O2/c1-4-22-15-7-5-14(6-8-15)19-16(21)13(2)20-10-9-17(3,11-18)12-20/h5-8,13H,4,9-12,18H2,1-3H3,(H,19,21). The highest BCUT2D eigenvalue weighted by Gasteiger charge is 2.36. The zero-order chi connectivity index (χ0) is 16.2. The third-order valence-electron chi connectivity index (χ3n) is 4.44. The predicted octanol–water partition coefficient (Wildman–Crippen LogP) is 2.08. The highest BCUT2D eigenvalue weighted by molar-refractivity contribution is 5.94. The first-order valence-corrected chi connectivity index (χ1v) is 7.95. The van der Waals surface area contributed by atoms with Crippen LogP contribution < -0.4 is 15.8 Å². The van der Waals surface area contributed by atoms with E-state index in [9.17, 15) is 4.79 Å². The quantitative estimate of drug-likeness (QED) is 0.844. The molecule has 1 aliphatic heterocycles. The number of rotatable bonds is 6. The Morgan fingerprint density at radius 1 is 1.45 bits per heavy atom. The van der Waals surface area contributed by atoms with Crippen LogP contribution in [-0.2, 0) is 4.79 Å². The summed E-state index contributed by atoms with van der Waals surface area (Å²) in [6, 6.07) is 7.31. The van der Waals surface area contributed by atoms with Crippen LogP contribution in [0.4, 0.5) is 5.69 Å². The smallest absolute Gasteiger partial charge is 0.241 e. The Kier molecular flexibility index (Phi) is 5.42. The van der Waals surface area contributed by atoms with Crippen molar-refractivity contribution >= 4 is 11.6 Å². The van der Waals surface area contributed by atoms with E-state index < -0.39 is 0 Å². The van der Waals surface area contributed by atoms with Crippen molar-refractivity contribution in [3.05, 3.63) is 24.3 Å². The molecule has 0 saturated carbocycles. The summed E-state index contributed by atoms with van der Waals surface area (Å²) in [6.45, 7) is 9.18. The first-order chi connectivity index (χ1) is 10.5. The fourth-order valence-electron chi connectivity index (χ4n) is 2.77. The second-order valence-corrected chi connectivity index (χ2v) is 6.36. The number of carbonyl (C=O) groups is 1. The first-order valence-electron chi connectivity index (χ1n) is 7.95. The molecule has 1 heterocycles. The molecule has 0 aromatic heterocycles. The molecule has 1 aromatic carbocycles. The lowest BCUT2D eigenvalue weighted by Crippen LogP contribution is -2.42. The molecule has 0 radical (unpaired) electrons. The summed E-state index contributed by atoms with van der Waals surface area (Å²) in [5.74, 6) is 0.831. The lowest BCUT2D eigenvalue weighted by atomic mass is 9.90. The van der Waals surface area contributed by atoms with Crippen molar-refractivity contribution in [1.82, 2.24) is 4.90 Å². The SMILES string of the molecule is CCOc1ccc(NC(=O)C(C)N2CCC(C)(CN)C2)cc1. The van der Waals surface area contributed by atoms with Gasteiger partial charge in [-0.15, -0.1) is 0 Å². The summed E-state index contributed by atoms with van der Waals surface area (Å²) in [6.07, 6.45) is 1.05. The number of carbonyl (C=O) groups excluding carboxylic acids is 1. The van der Waals surface area contributed by atoms with Crippen molar-refractivity contribution in [2.24, 2.45) is 11.1 Å². The van der Waals surface area contributed by atoms with Gasteiger partial charge in [-0.3, -0.25) is 9.69 Å². The van der Waals surface area contributed by atoms with Gasteiger partial charge in [0.15, 0.2) is 0 Å². The van der Waals surface area contributed by atoms with Crippen molar-refractivity contribution in [2.45, 2.75) is 33.2 Å². The van der Waals surface area contributed by atoms with E-state index in [1.54, 1.807) is 0 Å². The molecule has 0 bridgehead atoms. The minimum atomic E-state index is -0.153. The van der Waals surface area contributed by atoms with E-state index in [0.29, 0.717) is 13.2 Å². The fraction of sp³-hybridized carbons (Fsp3) is 0.588. The van der Waals surface area contributed by atoms with E-state index >= 15 is 0 Å². The molecule has 3 N–H and O–H groups in total. The molecule has 2 unspecified atom stereocenters. The zero-order valence-corrected chi connectivity index (χ0v) is 13.8. The maximum atomic E-state index is 12.4. The van der Waals surface area contributed by atoms with Gasteiger partial charge in [0.2, 0.25) is 5.91 Å².